The van der Waals surface area contributed by atoms with Crippen LogP contribution in [0.15, 0.2) is 18.2 Å². The summed E-state index contributed by atoms with van der Waals surface area (Å²) in [7, 11) is 1.29. The minimum Gasteiger partial charge on any atom is -0.493 e. The molecule has 0 aliphatic rings. The van der Waals surface area contributed by atoms with E-state index in [0.717, 1.165) is 0 Å². The van der Waals surface area contributed by atoms with Crippen LogP contribution in [0.1, 0.15) is 24.9 Å². The average Bonchev–Trinajstić information content (AvgIpc) is 2.36. The van der Waals surface area contributed by atoms with Crippen LogP contribution in [-0.2, 0) is 9.59 Å². The van der Waals surface area contributed by atoms with E-state index in [1.807, 2.05) is 0 Å². The van der Waals surface area contributed by atoms with Crippen molar-refractivity contribution in [3.8, 4) is 11.5 Å². The number of methoxy groups -OCH3 is 1. The number of carboxylic acids is 1. The van der Waals surface area contributed by atoms with Gasteiger partial charge >= 0.3 is 12.6 Å². The normalized spacial score (nSPS) is 11.9. The maximum absolute atomic E-state index is 12.3. The summed E-state index contributed by atoms with van der Waals surface area (Å²) in [6.45, 7) is -1.82. The second-order valence-electron chi connectivity index (χ2n) is 4.14. The third kappa shape index (κ3) is 5.25. The first-order valence-electron chi connectivity index (χ1n) is 5.95. The van der Waals surface area contributed by atoms with E-state index in [9.17, 15) is 18.4 Å². The fraction of sp³-hybridized carbons (Fsp3) is 0.385. The monoisotopic (exact) mass is 303 g/mol. The van der Waals surface area contributed by atoms with Gasteiger partial charge in [-0.15, -0.1) is 0 Å². The number of benzene rings is 1. The summed E-state index contributed by atoms with van der Waals surface area (Å²) in [4.78, 5) is 21.9. The molecule has 0 unspecified atom stereocenters. The lowest BCUT2D eigenvalue weighted by molar-refractivity contribution is -0.137. The molecule has 0 radical (unpaired) electrons. The summed E-state index contributed by atoms with van der Waals surface area (Å²) in [5.74, 6) is -1.73. The van der Waals surface area contributed by atoms with Crippen LogP contribution < -0.4 is 14.8 Å². The molecule has 0 aromatic heterocycles. The van der Waals surface area contributed by atoms with Crippen LogP contribution in [0.25, 0.3) is 0 Å². The fourth-order valence-corrected chi connectivity index (χ4v) is 1.77. The second-order valence-corrected chi connectivity index (χ2v) is 4.14. The average molecular weight is 303 g/mol. The second kappa shape index (κ2) is 7.41. The number of nitrogens with one attached hydrogen (secondary N) is 1. The Balaban J connectivity index is 3.12. The number of hydrogen-bond donors (Lipinski definition) is 2. The standard InChI is InChI=1S/C13H15F2NO5/c1-7(17)16-9(6-12(18)19)8-3-4-10(20-2)11(5-8)21-13(14)15/h3-5,9,13H,6H2,1-2H3,(H,16,17)(H,18,19)/t9-/m1/s1. The van der Waals surface area contributed by atoms with Gasteiger partial charge in [0.15, 0.2) is 11.5 Å². The molecule has 0 saturated heterocycles. The molecule has 0 saturated carbocycles. The number of rotatable bonds is 7. The van der Waals surface area contributed by atoms with Gasteiger partial charge in [-0.05, 0) is 17.7 Å². The van der Waals surface area contributed by atoms with Crippen molar-refractivity contribution in [3.05, 3.63) is 23.8 Å². The first kappa shape index (κ1) is 16.7. The molecule has 21 heavy (non-hydrogen) atoms. The van der Waals surface area contributed by atoms with E-state index >= 15 is 0 Å². The van der Waals surface area contributed by atoms with Gasteiger partial charge < -0.3 is 19.9 Å². The van der Waals surface area contributed by atoms with Crippen molar-refractivity contribution < 1.29 is 33.0 Å². The maximum Gasteiger partial charge on any atom is 0.387 e. The number of carboxylic acid groups (broad SMARTS) is 1. The zero-order chi connectivity index (χ0) is 16.0. The Bertz CT molecular complexity index is 505. The summed E-state index contributed by atoms with van der Waals surface area (Å²) < 4.78 is 33.9. The van der Waals surface area contributed by atoms with Crippen LogP contribution in [0.4, 0.5) is 8.78 Å². The zero-order valence-electron chi connectivity index (χ0n) is 11.4. The van der Waals surface area contributed by atoms with E-state index in [4.69, 9.17) is 9.84 Å². The number of carbonyl (C=O) groups excluding carboxylic acids is 1. The molecule has 8 heteroatoms. The molecular weight excluding hydrogens is 288 g/mol. The van der Waals surface area contributed by atoms with Gasteiger partial charge in [-0.1, -0.05) is 6.07 Å². The quantitative estimate of drug-likeness (QED) is 0.804. The van der Waals surface area contributed by atoms with E-state index in [-0.39, 0.29) is 17.9 Å². The lowest BCUT2D eigenvalue weighted by atomic mass is 10.0. The van der Waals surface area contributed by atoms with Crippen molar-refractivity contribution in [2.75, 3.05) is 7.11 Å². The van der Waals surface area contributed by atoms with Gasteiger partial charge in [0.25, 0.3) is 0 Å². The molecule has 116 valence electrons. The number of hydrogen-bond acceptors (Lipinski definition) is 4. The van der Waals surface area contributed by atoms with Crippen LogP contribution in [-0.4, -0.2) is 30.7 Å². The zero-order valence-corrected chi connectivity index (χ0v) is 11.4. The van der Waals surface area contributed by atoms with Crippen LogP contribution in [0.3, 0.4) is 0 Å². The van der Waals surface area contributed by atoms with Crippen molar-refractivity contribution in [1.29, 1.82) is 0 Å². The summed E-state index contributed by atoms with van der Waals surface area (Å²) in [5.41, 5.74) is 0.323. The Labute approximate surface area is 119 Å². The van der Waals surface area contributed by atoms with Crippen LogP contribution in [0.5, 0.6) is 11.5 Å². The molecule has 0 fully saturated rings. The number of halogens is 2. The largest absolute Gasteiger partial charge is 0.493 e. The fourth-order valence-electron chi connectivity index (χ4n) is 1.77. The first-order chi connectivity index (χ1) is 9.83. The van der Waals surface area contributed by atoms with Gasteiger partial charge in [0.1, 0.15) is 0 Å². The lowest BCUT2D eigenvalue weighted by Crippen LogP contribution is -2.28. The summed E-state index contributed by atoms with van der Waals surface area (Å²) in [5, 5.41) is 11.3. The van der Waals surface area contributed by atoms with Crippen molar-refractivity contribution in [3.63, 3.8) is 0 Å². The molecule has 1 amide bonds. The highest BCUT2D eigenvalue weighted by molar-refractivity contribution is 5.75. The Hall–Kier alpha value is -2.38. The maximum atomic E-state index is 12.3. The lowest BCUT2D eigenvalue weighted by Gasteiger charge is -2.18. The predicted octanol–water partition coefficient (Wildman–Crippen LogP) is 1.95. The van der Waals surface area contributed by atoms with Gasteiger partial charge in [0.05, 0.1) is 19.6 Å². The highest BCUT2D eigenvalue weighted by Crippen LogP contribution is 2.32. The molecule has 1 aromatic rings. The van der Waals surface area contributed by atoms with Crippen molar-refractivity contribution in [2.45, 2.75) is 26.0 Å². The van der Waals surface area contributed by atoms with Gasteiger partial charge in [-0.25, -0.2) is 0 Å². The third-order valence-electron chi connectivity index (χ3n) is 2.56. The molecule has 0 aliphatic carbocycles. The van der Waals surface area contributed by atoms with Gasteiger partial charge in [0, 0.05) is 6.92 Å². The number of ether oxygens (including phenoxy) is 2. The van der Waals surface area contributed by atoms with Gasteiger partial charge in [-0.2, -0.15) is 8.78 Å². The molecule has 0 aliphatic heterocycles. The van der Waals surface area contributed by atoms with Gasteiger partial charge in [-0.3, -0.25) is 9.59 Å². The summed E-state index contributed by atoms with van der Waals surface area (Å²) in [6, 6.07) is 3.20. The van der Waals surface area contributed by atoms with E-state index in [0.29, 0.717) is 5.56 Å². The van der Waals surface area contributed by atoms with Crippen LogP contribution in [0, 0.1) is 0 Å². The number of carbonyl (C=O) groups is 2. The smallest absolute Gasteiger partial charge is 0.387 e. The summed E-state index contributed by atoms with van der Waals surface area (Å²) in [6.07, 6.45) is -0.389. The topological polar surface area (TPSA) is 84.9 Å². The molecule has 0 bridgehead atoms. The molecule has 2 N–H and O–H groups in total. The van der Waals surface area contributed by atoms with Crippen molar-refractivity contribution >= 4 is 11.9 Å². The molecule has 0 spiro atoms. The van der Waals surface area contributed by atoms with E-state index in [2.05, 4.69) is 10.1 Å². The molecule has 1 atom stereocenters. The predicted molar refractivity (Wildman–Crippen MR) is 68.4 cm³/mol. The van der Waals surface area contributed by atoms with Crippen molar-refractivity contribution in [1.82, 2.24) is 5.32 Å². The Morgan fingerprint density at radius 3 is 2.48 bits per heavy atom. The molecular formula is C13H15F2NO5. The molecule has 6 nitrogen and oxygen atoms in total. The molecule has 1 rings (SSSR count). The van der Waals surface area contributed by atoms with E-state index < -0.39 is 24.5 Å². The van der Waals surface area contributed by atoms with E-state index in [1.54, 1.807) is 0 Å². The Morgan fingerprint density at radius 1 is 1.33 bits per heavy atom. The highest BCUT2D eigenvalue weighted by Gasteiger charge is 2.19. The minimum absolute atomic E-state index is 0.0796. The number of amides is 1. The van der Waals surface area contributed by atoms with Crippen LogP contribution >= 0.6 is 0 Å². The van der Waals surface area contributed by atoms with Crippen LogP contribution in [0.2, 0.25) is 0 Å². The Morgan fingerprint density at radius 2 is 2.00 bits per heavy atom. The van der Waals surface area contributed by atoms with E-state index in [1.165, 1.54) is 32.2 Å². The highest BCUT2D eigenvalue weighted by atomic mass is 19.3. The summed E-state index contributed by atoms with van der Waals surface area (Å²) >= 11 is 0. The molecule has 1 aromatic carbocycles. The van der Waals surface area contributed by atoms with Crippen molar-refractivity contribution in [2.24, 2.45) is 0 Å². The number of aliphatic carboxylic acids is 1. The number of alkyl halides is 2. The molecule has 0 heterocycles. The van der Waals surface area contributed by atoms with Gasteiger partial charge in [0.2, 0.25) is 5.91 Å². The SMILES string of the molecule is COc1ccc([C@@H](CC(=O)O)NC(C)=O)cc1OC(F)F. The third-order valence-corrected chi connectivity index (χ3v) is 2.56. The first-order valence-corrected chi connectivity index (χ1v) is 5.95. The minimum atomic E-state index is -3.05. The Kier molecular flexibility index (Phi) is 5.89.